The number of benzene rings is 1. The molecule has 2 rings (SSSR count). The molecule has 13 heteroatoms. The number of nitrogens with zero attached hydrogens (tertiary/aromatic N) is 4. The summed E-state index contributed by atoms with van der Waals surface area (Å²) in [6.07, 6.45) is 5.74. The van der Waals surface area contributed by atoms with E-state index in [1.165, 1.54) is 15.9 Å². The molecule has 0 aliphatic heterocycles. The monoisotopic (exact) mass is 593 g/mol. The van der Waals surface area contributed by atoms with Crippen molar-refractivity contribution < 1.29 is 31.9 Å². The number of likely N-dealkylation sites (N-methyl/N-ethyl adjacent to an activating group) is 2. The van der Waals surface area contributed by atoms with E-state index in [4.69, 9.17) is 10.3 Å². The molecule has 3 N–H and O–H groups in total. The zero-order chi connectivity index (χ0) is 30.4. The number of carbonyl (C=O) groups excluding carboxylic acids is 2. The second kappa shape index (κ2) is 16.9. The quantitative estimate of drug-likeness (QED) is 0.136. The van der Waals surface area contributed by atoms with Crippen LogP contribution in [0.3, 0.4) is 0 Å². The van der Waals surface area contributed by atoms with Crippen molar-refractivity contribution in [3.8, 4) is 5.75 Å². The average molecular weight is 594 g/mol. The molecule has 0 spiro atoms. The summed E-state index contributed by atoms with van der Waals surface area (Å²) in [5.41, 5.74) is 7.65. The van der Waals surface area contributed by atoms with Crippen molar-refractivity contribution in [2.24, 2.45) is 11.0 Å². The van der Waals surface area contributed by atoms with Crippen LogP contribution in [0.15, 0.2) is 29.4 Å². The lowest BCUT2D eigenvalue weighted by molar-refractivity contribution is -0.510. The van der Waals surface area contributed by atoms with Gasteiger partial charge in [-0.25, -0.2) is 23.1 Å². The fourth-order valence-corrected chi connectivity index (χ4v) is 6.56. The van der Waals surface area contributed by atoms with Crippen LogP contribution in [-0.2, 0) is 19.6 Å². The van der Waals surface area contributed by atoms with E-state index in [-0.39, 0.29) is 31.5 Å². The van der Waals surface area contributed by atoms with Crippen molar-refractivity contribution in [2.75, 3.05) is 58.0 Å². The maximum atomic E-state index is 13.6. The minimum Gasteiger partial charge on any atom is -0.494 e. The third kappa shape index (κ3) is 11.7. The molecule has 0 unspecified atom stereocenters. The molecule has 1 aromatic carbocycles. The van der Waals surface area contributed by atoms with Crippen molar-refractivity contribution in [1.29, 1.82) is 5.53 Å². The Morgan fingerprint density at radius 1 is 1.12 bits per heavy atom. The van der Waals surface area contributed by atoms with Crippen LogP contribution in [0.25, 0.3) is 0 Å². The number of nitrogens with one attached hydrogen (secondary N) is 3. The first-order valence-electron chi connectivity index (χ1n) is 14.2. The average Bonchev–Trinajstić information content (AvgIpc) is 2.92. The molecule has 1 fully saturated rings. The molecule has 0 heterocycles. The summed E-state index contributed by atoms with van der Waals surface area (Å²) in [5.74, 6) is -0.517. The van der Waals surface area contributed by atoms with E-state index in [1.54, 1.807) is 35.9 Å². The number of carbonyl (C=O) groups is 2. The van der Waals surface area contributed by atoms with Crippen LogP contribution in [0, 0.1) is 11.4 Å². The molecule has 2 amide bonds. The van der Waals surface area contributed by atoms with Crippen LogP contribution in [0.2, 0.25) is 0 Å². The van der Waals surface area contributed by atoms with E-state index in [0.717, 1.165) is 32.1 Å². The molecular formula is C28H47N7O5S+2. The zero-order valence-electron chi connectivity index (χ0n) is 24.7. The van der Waals surface area contributed by atoms with Crippen molar-refractivity contribution in [3.05, 3.63) is 24.3 Å². The first kappa shape index (κ1) is 34.0. The maximum absolute atomic E-state index is 13.6. The molecule has 0 radical (unpaired) electrons. The summed E-state index contributed by atoms with van der Waals surface area (Å²) in [7, 11) is -0.682. The summed E-state index contributed by atoms with van der Waals surface area (Å²) < 4.78 is 36.4. The Labute approximate surface area is 244 Å². The second-order valence-electron chi connectivity index (χ2n) is 10.7. The number of hydrogen-bond donors (Lipinski definition) is 3. The lowest BCUT2D eigenvalue weighted by atomic mass is 9.84. The number of sulfonamides is 1. The Morgan fingerprint density at radius 3 is 2.34 bits per heavy atom. The van der Waals surface area contributed by atoms with Gasteiger partial charge in [0.15, 0.2) is 6.54 Å². The number of anilines is 1. The first-order valence-corrected chi connectivity index (χ1v) is 15.8. The van der Waals surface area contributed by atoms with Gasteiger partial charge in [0.2, 0.25) is 22.0 Å². The van der Waals surface area contributed by atoms with Gasteiger partial charge in [-0.2, -0.15) is 9.42 Å². The van der Waals surface area contributed by atoms with E-state index < -0.39 is 33.8 Å². The largest absolute Gasteiger partial charge is 0.494 e. The molecule has 1 aliphatic carbocycles. The van der Waals surface area contributed by atoms with Crippen LogP contribution in [0.1, 0.15) is 45.4 Å². The molecule has 1 aliphatic rings. The Balaban J connectivity index is 2.22. The number of ether oxygens (including phenoxy) is 1. The maximum Gasteiger partial charge on any atom is 0.290 e. The highest BCUT2D eigenvalue weighted by Crippen LogP contribution is 2.28. The Morgan fingerprint density at radius 2 is 1.78 bits per heavy atom. The fourth-order valence-electron chi connectivity index (χ4n) is 4.83. The highest BCUT2D eigenvalue weighted by Gasteiger charge is 2.38. The molecule has 41 heavy (non-hydrogen) atoms. The van der Waals surface area contributed by atoms with Crippen LogP contribution in [0.4, 0.5) is 5.69 Å². The highest BCUT2D eigenvalue weighted by atomic mass is 32.2. The van der Waals surface area contributed by atoms with Gasteiger partial charge < -0.3 is 15.4 Å². The predicted molar refractivity (Wildman–Crippen MR) is 160 cm³/mol. The Hall–Kier alpha value is -3.19. The van der Waals surface area contributed by atoms with Gasteiger partial charge in [0, 0.05) is 12.2 Å². The van der Waals surface area contributed by atoms with Gasteiger partial charge in [-0.1, -0.05) is 32.1 Å². The van der Waals surface area contributed by atoms with Crippen LogP contribution in [-0.4, -0.2) is 112 Å². The summed E-state index contributed by atoms with van der Waals surface area (Å²) in [6.45, 7) is 10.5. The first-order chi connectivity index (χ1) is 19.5. The van der Waals surface area contributed by atoms with Crippen LogP contribution < -0.4 is 15.4 Å². The molecule has 1 saturated carbocycles. The predicted octanol–water partition coefficient (Wildman–Crippen LogP) is 2.20. The minimum absolute atomic E-state index is 0.00630. The Bertz CT molecular complexity index is 1150. The summed E-state index contributed by atoms with van der Waals surface area (Å²) in [6, 6.07) is 5.02. The summed E-state index contributed by atoms with van der Waals surface area (Å²) in [4.78, 5) is 27.0. The highest BCUT2D eigenvalue weighted by molar-refractivity contribution is 7.89. The van der Waals surface area contributed by atoms with Crippen LogP contribution in [0.5, 0.6) is 5.75 Å². The molecule has 1 aromatic rings. The standard InChI is InChI=1S/C28H45N7O5S/c1-6-40-24-14-12-23(13-15-24)31-27(36)25(20-22-10-8-7-9-11-22)32-28(37)26(34(4)5)21-41(38,39)35(17-16-30-29)19-18-33(2)3/h12-15,22,25-26,29H,2,4,6-11,16-21H2,1,3,5H3/p+2/t25-,26-/m0/s1. The lowest BCUT2D eigenvalue weighted by Gasteiger charge is -2.27. The van der Waals surface area contributed by atoms with E-state index in [0.29, 0.717) is 31.0 Å². The zero-order valence-corrected chi connectivity index (χ0v) is 25.5. The normalized spacial score (nSPS) is 15.5. The van der Waals surface area contributed by atoms with Gasteiger partial charge in [0.25, 0.3) is 5.91 Å². The summed E-state index contributed by atoms with van der Waals surface area (Å²) in [5, 5.41) is 9.02. The van der Waals surface area contributed by atoms with E-state index in [2.05, 4.69) is 29.2 Å². The van der Waals surface area contributed by atoms with Gasteiger partial charge in [-0.3, -0.25) is 9.59 Å². The molecule has 0 aromatic heterocycles. The fraction of sp³-hybridized carbons (Fsp3) is 0.643. The number of hydrogen-bond acceptors (Lipinski definition) is 7. The molecule has 0 saturated heterocycles. The topological polar surface area (TPSA) is 147 Å². The van der Waals surface area contributed by atoms with Crippen molar-refractivity contribution in [1.82, 2.24) is 9.62 Å². The van der Waals surface area contributed by atoms with Crippen molar-refractivity contribution >= 4 is 41.0 Å². The second-order valence-corrected chi connectivity index (χ2v) is 12.7. The van der Waals surface area contributed by atoms with Crippen molar-refractivity contribution in [3.63, 3.8) is 0 Å². The van der Waals surface area contributed by atoms with Gasteiger partial charge in [0.05, 0.1) is 19.7 Å². The molecular weight excluding hydrogens is 546 g/mol. The third-order valence-electron chi connectivity index (χ3n) is 7.15. The van der Waals surface area contributed by atoms with Gasteiger partial charge in [-0.05, 0) is 43.5 Å². The SMILES string of the molecule is C=[N+](C)CCN(CCN=N)S(=O)(=O)C[C@@H](C(=O)N[C@@H](CC1CCCCC1)C(=O)Nc1ccc(OCC)cc1)[N+](=C)C. The van der Waals surface area contributed by atoms with Gasteiger partial charge in [-0.15, -0.1) is 0 Å². The lowest BCUT2D eigenvalue weighted by Crippen LogP contribution is -2.53. The van der Waals surface area contributed by atoms with Crippen LogP contribution >= 0.6 is 0 Å². The molecule has 0 bridgehead atoms. The van der Waals surface area contributed by atoms with E-state index in [1.807, 2.05) is 6.92 Å². The number of rotatable bonds is 18. The van der Waals surface area contributed by atoms with Gasteiger partial charge in [0.1, 0.15) is 45.1 Å². The molecule has 2 atom stereocenters. The van der Waals surface area contributed by atoms with Gasteiger partial charge >= 0.3 is 0 Å². The van der Waals surface area contributed by atoms with Crippen molar-refractivity contribution in [2.45, 2.75) is 57.5 Å². The summed E-state index contributed by atoms with van der Waals surface area (Å²) >= 11 is 0. The molecule has 12 nitrogen and oxygen atoms in total. The molecule has 228 valence electrons. The van der Waals surface area contributed by atoms with E-state index >= 15 is 0 Å². The van der Waals surface area contributed by atoms with E-state index in [9.17, 15) is 18.0 Å². The minimum atomic E-state index is -3.94. The Kier molecular flexibility index (Phi) is 14.0. The number of amides is 2. The third-order valence-corrected chi connectivity index (χ3v) is 9.04. The smallest absolute Gasteiger partial charge is 0.290 e.